The summed E-state index contributed by atoms with van der Waals surface area (Å²) in [6.45, 7) is 6.39. The second-order valence-electron chi connectivity index (χ2n) is 4.44. The molecule has 3 nitrogen and oxygen atoms in total. The summed E-state index contributed by atoms with van der Waals surface area (Å²) < 4.78 is 0. The van der Waals surface area contributed by atoms with Gasteiger partial charge in [0.25, 0.3) is 0 Å². The van der Waals surface area contributed by atoms with Gasteiger partial charge in [-0.1, -0.05) is 13.8 Å². The van der Waals surface area contributed by atoms with Crippen LogP contribution in [0, 0.1) is 17.8 Å². The highest BCUT2D eigenvalue weighted by atomic mass is 16.2. The maximum Gasteiger partial charge on any atom is 0.238 e. The van der Waals surface area contributed by atoms with Crippen LogP contribution >= 0.6 is 0 Å². The van der Waals surface area contributed by atoms with Crippen LogP contribution in [0.5, 0.6) is 0 Å². The van der Waals surface area contributed by atoms with Crippen molar-refractivity contribution in [3.63, 3.8) is 0 Å². The summed E-state index contributed by atoms with van der Waals surface area (Å²) in [5.41, 5.74) is 5.83. The van der Waals surface area contributed by atoms with E-state index in [2.05, 4.69) is 24.7 Å². The molecule has 1 amide bonds. The molecule has 1 aliphatic heterocycles. The van der Waals surface area contributed by atoms with E-state index in [1.807, 2.05) is 6.92 Å². The van der Waals surface area contributed by atoms with Crippen molar-refractivity contribution < 1.29 is 4.79 Å². The number of hydrazine groups is 1. The van der Waals surface area contributed by atoms with Gasteiger partial charge in [0.2, 0.25) is 5.91 Å². The molecular formula is C9H16N2O. The van der Waals surface area contributed by atoms with Gasteiger partial charge in [-0.2, -0.15) is 0 Å². The zero-order chi connectivity index (χ0) is 8.93. The summed E-state index contributed by atoms with van der Waals surface area (Å²) in [5.74, 6) is 1.69. The van der Waals surface area contributed by atoms with E-state index in [1.165, 1.54) is 6.42 Å². The Morgan fingerprint density at radius 2 is 2.08 bits per heavy atom. The molecule has 3 heteroatoms. The van der Waals surface area contributed by atoms with Crippen molar-refractivity contribution in [1.82, 2.24) is 10.9 Å². The zero-order valence-electron chi connectivity index (χ0n) is 7.85. The van der Waals surface area contributed by atoms with Crippen LogP contribution in [-0.2, 0) is 4.79 Å². The third kappa shape index (κ3) is 0.891. The number of carbonyl (C=O) groups excluding carboxylic acids is 1. The molecule has 68 valence electrons. The molecule has 1 saturated heterocycles. The lowest BCUT2D eigenvalue weighted by atomic mass is 9.83. The van der Waals surface area contributed by atoms with Crippen LogP contribution in [0.25, 0.3) is 0 Å². The number of rotatable bonds is 1. The molecule has 4 unspecified atom stereocenters. The lowest BCUT2D eigenvalue weighted by molar-refractivity contribution is -0.122. The summed E-state index contributed by atoms with van der Waals surface area (Å²) in [7, 11) is 0. The van der Waals surface area contributed by atoms with E-state index in [-0.39, 0.29) is 17.4 Å². The van der Waals surface area contributed by atoms with Crippen LogP contribution in [0.4, 0.5) is 0 Å². The number of amides is 1. The Morgan fingerprint density at radius 3 is 2.42 bits per heavy atom. The molecule has 2 N–H and O–H groups in total. The van der Waals surface area contributed by atoms with Gasteiger partial charge in [0, 0.05) is 5.54 Å². The number of hydrogen-bond acceptors (Lipinski definition) is 2. The molecule has 0 aromatic carbocycles. The number of carbonyl (C=O) groups is 1. The van der Waals surface area contributed by atoms with Crippen molar-refractivity contribution in [3.8, 4) is 0 Å². The molecule has 1 heterocycles. The van der Waals surface area contributed by atoms with Crippen molar-refractivity contribution in [3.05, 3.63) is 0 Å². The number of nitrogens with one attached hydrogen (secondary N) is 2. The van der Waals surface area contributed by atoms with Crippen molar-refractivity contribution in [2.45, 2.75) is 32.7 Å². The van der Waals surface area contributed by atoms with E-state index >= 15 is 0 Å². The van der Waals surface area contributed by atoms with Gasteiger partial charge in [0.1, 0.15) is 0 Å². The topological polar surface area (TPSA) is 41.1 Å². The maximum absolute atomic E-state index is 11.3. The van der Waals surface area contributed by atoms with E-state index in [1.54, 1.807) is 0 Å². The molecule has 0 aromatic heterocycles. The zero-order valence-corrected chi connectivity index (χ0v) is 7.85. The predicted octanol–water partition coefficient (Wildman–Crippen LogP) is 0.672. The average Bonchev–Trinajstić information content (AvgIpc) is 2.71. The van der Waals surface area contributed by atoms with Crippen molar-refractivity contribution in [1.29, 1.82) is 0 Å². The molecule has 1 saturated carbocycles. The Kier molecular flexibility index (Phi) is 1.49. The minimum absolute atomic E-state index is 0.00347. The van der Waals surface area contributed by atoms with Crippen LogP contribution in [0.3, 0.4) is 0 Å². The first-order valence-corrected chi connectivity index (χ1v) is 4.62. The Labute approximate surface area is 72.9 Å². The van der Waals surface area contributed by atoms with E-state index < -0.39 is 0 Å². The molecule has 0 radical (unpaired) electrons. The van der Waals surface area contributed by atoms with Gasteiger partial charge in [-0.05, 0) is 25.2 Å². The second-order valence-corrected chi connectivity index (χ2v) is 4.44. The molecular weight excluding hydrogens is 152 g/mol. The average molecular weight is 168 g/mol. The summed E-state index contributed by atoms with van der Waals surface area (Å²) in [6, 6.07) is 0. The summed E-state index contributed by atoms with van der Waals surface area (Å²) in [4.78, 5) is 11.3. The lowest BCUT2D eigenvalue weighted by Crippen LogP contribution is -2.46. The maximum atomic E-state index is 11.3. The third-order valence-corrected chi connectivity index (χ3v) is 3.63. The van der Waals surface area contributed by atoms with E-state index in [4.69, 9.17) is 0 Å². The van der Waals surface area contributed by atoms with Gasteiger partial charge < -0.3 is 0 Å². The normalized spacial score (nSPS) is 52.2. The Bertz CT molecular complexity index is 229. The molecule has 12 heavy (non-hydrogen) atoms. The fourth-order valence-electron chi connectivity index (χ4n) is 2.26. The fourth-order valence-corrected chi connectivity index (χ4v) is 2.26. The van der Waals surface area contributed by atoms with Crippen molar-refractivity contribution >= 4 is 5.91 Å². The standard InChI is InChI=1S/C9H16N2O/c1-5-4-7(5)9(3)6(2)8(12)10-11-9/h5-7,11H,4H2,1-3H3,(H,10,12). The minimum atomic E-state index is -0.00347. The smallest absolute Gasteiger partial charge is 0.238 e. The SMILES string of the molecule is CC1CC1C1(C)NNC(=O)C1C. The fraction of sp³-hybridized carbons (Fsp3) is 0.889. The Morgan fingerprint density at radius 1 is 1.50 bits per heavy atom. The molecule has 2 rings (SSSR count). The highest BCUT2D eigenvalue weighted by molar-refractivity contribution is 5.81. The second kappa shape index (κ2) is 2.22. The van der Waals surface area contributed by atoms with Gasteiger partial charge in [-0.3, -0.25) is 10.2 Å². The highest BCUT2D eigenvalue weighted by Gasteiger charge is 2.55. The van der Waals surface area contributed by atoms with Gasteiger partial charge in [0.15, 0.2) is 0 Å². The third-order valence-electron chi connectivity index (χ3n) is 3.63. The van der Waals surface area contributed by atoms with Gasteiger partial charge in [0.05, 0.1) is 5.92 Å². The monoisotopic (exact) mass is 168 g/mol. The first-order valence-electron chi connectivity index (χ1n) is 4.62. The van der Waals surface area contributed by atoms with Crippen LogP contribution in [0.15, 0.2) is 0 Å². The Hall–Kier alpha value is -0.570. The minimum Gasteiger partial charge on any atom is -0.291 e. The van der Waals surface area contributed by atoms with E-state index in [9.17, 15) is 4.79 Å². The molecule has 2 fully saturated rings. The van der Waals surface area contributed by atoms with Crippen LogP contribution in [0.1, 0.15) is 27.2 Å². The quantitative estimate of drug-likeness (QED) is 0.604. The first-order chi connectivity index (χ1) is 5.55. The van der Waals surface area contributed by atoms with Crippen molar-refractivity contribution in [2.75, 3.05) is 0 Å². The van der Waals surface area contributed by atoms with Crippen LogP contribution in [-0.4, -0.2) is 11.4 Å². The van der Waals surface area contributed by atoms with Crippen molar-refractivity contribution in [2.24, 2.45) is 17.8 Å². The molecule has 1 aliphatic carbocycles. The molecule has 2 aliphatic rings. The van der Waals surface area contributed by atoms with Gasteiger partial charge >= 0.3 is 0 Å². The summed E-state index contributed by atoms with van der Waals surface area (Å²) in [6.07, 6.45) is 1.25. The molecule has 0 bridgehead atoms. The molecule has 0 aromatic rings. The summed E-state index contributed by atoms with van der Waals surface area (Å²) in [5, 5.41) is 0. The summed E-state index contributed by atoms with van der Waals surface area (Å²) >= 11 is 0. The van der Waals surface area contributed by atoms with Gasteiger partial charge in [-0.15, -0.1) is 0 Å². The first kappa shape index (κ1) is 8.05. The Balaban J connectivity index is 2.16. The molecule has 0 spiro atoms. The predicted molar refractivity (Wildman–Crippen MR) is 46.1 cm³/mol. The largest absolute Gasteiger partial charge is 0.291 e. The number of hydrogen-bond donors (Lipinski definition) is 2. The van der Waals surface area contributed by atoms with E-state index in [0.29, 0.717) is 5.92 Å². The lowest BCUT2D eigenvalue weighted by Gasteiger charge is -2.26. The van der Waals surface area contributed by atoms with Crippen LogP contribution in [0.2, 0.25) is 0 Å². The highest BCUT2D eigenvalue weighted by Crippen LogP contribution is 2.49. The van der Waals surface area contributed by atoms with Crippen LogP contribution < -0.4 is 10.9 Å². The molecule has 4 atom stereocenters. The van der Waals surface area contributed by atoms with Gasteiger partial charge in [-0.25, -0.2) is 5.43 Å². The van der Waals surface area contributed by atoms with E-state index in [0.717, 1.165) is 5.92 Å².